The monoisotopic (exact) mass is 290 g/mol. The number of nitrogens with zero attached hydrogens (tertiary/aromatic N) is 2. The van der Waals surface area contributed by atoms with Crippen LogP contribution in [-0.4, -0.2) is 66.6 Å². The van der Waals surface area contributed by atoms with E-state index in [-0.39, 0.29) is 11.9 Å². The van der Waals surface area contributed by atoms with Crippen LogP contribution in [0.15, 0.2) is 30.3 Å². The predicted molar refractivity (Wildman–Crippen MR) is 84.5 cm³/mol. The zero-order valence-corrected chi connectivity index (χ0v) is 13.0. The molecule has 0 saturated carbocycles. The first-order valence-electron chi connectivity index (χ1n) is 7.71. The first kappa shape index (κ1) is 16.1. The third-order valence-corrected chi connectivity index (χ3v) is 4.03. The van der Waals surface area contributed by atoms with Crippen LogP contribution >= 0.6 is 0 Å². The van der Waals surface area contributed by atoms with Gasteiger partial charge in [0.2, 0.25) is 0 Å². The van der Waals surface area contributed by atoms with E-state index in [1.807, 2.05) is 30.3 Å². The van der Waals surface area contributed by atoms with Gasteiger partial charge in [-0.25, -0.2) is 0 Å². The van der Waals surface area contributed by atoms with E-state index in [0.29, 0.717) is 12.5 Å². The van der Waals surface area contributed by atoms with E-state index < -0.39 is 0 Å². The van der Waals surface area contributed by atoms with Gasteiger partial charge in [-0.3, -0.25) is 9.69 Å². The van der Waals surface area contributed by atoms with E-state index in [1.165, 1.54) is 0 Å². The highest BCUT2D eigenvalue weighted by atomic mass is 16.3. The molecular formula is C17H26N2O2. The van der Waals surface area contributed by atoms with Crippen LogP contribution in [0.25, 0.3) is 0 Å². The highest BCUT2D eigenvalue weighted by Crippen LogP contribution is 2.19. The minimum Gasteiger partial charge on any atom is -0.392 e. The van der Waals surface area contributed by atoms with Gasteiger partial charge in [0, 0.05) is 31.1 Å². The SMILES string of the molecule is CN(C)CC1CC(O)CN1CCCC(=O)c1ccccc1. The van der Waals surface area contributed by atoms with Crippen molar-refractivity contribution in [1.82, 2.24) is 9.80 Å². The molecule has 2 rings (SSSR count). The molecule has 1 N–H and O–H groups in total. The van der Waals surface area contributed by atoms with Crippen LogP contribution < -0.4 is 0 Å². The molecule has 4 nitrogen and oxygen atoms in total. The number of benzene rings is 1. The minimum atomic E-state index is -0.222. The van der Waals surface area contributed by atoms with Crippen LogP contribution in [0.1, 0.15) is 29.6 Å². The number of hydrogen-bond donors (Lipinski definition) is 1. The highest BCUT2D eigenvalue weighted by molar-refractivity contribution is 5.95. The van der Waals surface area contributed by atoms with Crippen LogP contribution in [0.4, 0.5) is 0 Å². The molecule has 4 heteroatoms. The summed E-state index contributed by atoms with van der Waals surface area (Å²) in [6.45, 7) is 2.58. The van der Waals surface area contributed by atoms with E-state index >= 15 is 0 Å². The molecule has 2 atom stereocenters. The molecule has 0 bridgehead atoms. The molecule has 1 aliphatic rings. The van der Waals surface area contributed by atoms with Crippen molar-refractivity contribution in [3.05, 3.63) is 35.9 Å². The Hall–Kier alpha value is -1.23. The van der Waals surface area contributed by atoms with Gasteiger partial charge in [-0.1, -0.05) is 30.3 Å². The Morgan fingerprint density at radius 1 is 1.33 bits per heavy atom. The van der Waals surface area contributed by atoms with Crippen LogP contribution in [0.3, 0.4) is 0 Å². The minimum absolute atomic E-state index is 0.208. The Labute approximate surface area is 127 Å². The number of likely N-dealkylation sites (N-methyl/N-ethyl adjacent to an activating group) is 1. The number of aliphatic hydroxyl groups excluding tert-OH is 1. The summed E-state index contributed by atoms with van der Waals surface area (Å²) in [5.41, 5.74) is 0.795. The molecule has 2 unspecified atom stereocenters. The third-order valence-electron chi connectivity index (χ3n) is 4.03. The van der Waals surface area contributed by atoms with Gasteiger partial charge in [0.25, 0.3) is 0 Å². The van der Waals surface area contributed by atoms with E-state index in [4.69, 9.17) is 0 Å². The largest absolute Gasteiger partial charge is 0.392 e. The van der Waals surface area contributed by atoms with Gasteiger partial charge >= 0.3 is 0 Å². The maximum Gasteiger partial charge on any atom is 0.162 e. The maximum absolute atomic E-state index is 12.1. The predicted octanol–water partition coefficient (Wildman–Crippen LogP) is 1.65. The number of aliphatic hydroxyl groups is 1. The fourth-order valence-electron chi connectivity index (χ4n) is 3.05. The van der Waals surface area contributed by atoms with Gasteiger partial charge in [-0.15, -0.1) is 0 Å². The Kier molecular flexibility index (Phi) is 5.91. The summed E-state index contributed by atoms with van der Waals surface area (Å²) in [5.74, 6) is 0.208. The van der Waals surface area contributed by atoms with Crippen molar-refractivity contribution < 1.29 is 9.90 Å². The van der Waals surface area contributed by atoms with Crippen molar-refractivity contribution in [2.45, 2.75) is 31.4 Å². The van der Waals surface area contributed by atoms with Crippen LogP contribution in [0.5, 0.6) is 0 Å². The molecular weight excluding hydrogens is 264 g/mol. The Morgan fingerprint density at radius 2 is 2.05 bits per heavy atom. The van der Waals surface area contributed by atoms with E-state index in [0.717, 1.165) is 38.0 Å². The first-order valence-corrected chi connectivity index (χ1v) is 7.71. The Bertz CT molecular complexity index is 447. The number of carbonyl (C=O) groups excluding carboxylic acids is 1. The second kappa shape index (κ2) is 7.69. The summed E-state index contributed by atoms with van der Waals surface area (Å²) in [6, 6.07) is 9.87. The van der Waals surface area contributed by atoms with Gasteiger partial charge in [0.15, 0.2) is 5.78 Å². The summed E-state index contributed by atoms with van der Waals surface area (Å²) in [4.78, 5) is 16.5. The normalized spacial score (nSPS) is 22.9. The van der Waals surface area contributed by atoms with Crippen LogP contribution in [0.2, 0.25) is 0 Å². The second-order valence-electron chi connectivity index (χ2n) is 6.19. The summed E-state index contributed by atoms with van der Waals surface area (Å²) in [5, 5.41) is 9.84. The smallest absolute Gasteiger partial charge is 0.162 e. The molecule has 1 heterocycles. The van der Waals surface area contributed by atoms with E-state index in [9.17, 15) is 9.90 Å². The molecule has 1 aromatic carbocycles. The topological polar surface area (TPSA) is 43.8 Å². The molecule has 0 amide bonds. The number of hydrogen-bond acceptors (Lipinski definition) is 4. The summed E-state index contributed by atoms with van der Waals surface area (Å²) < 4.78 is 0. The molecule has 1 aliphatic heterocycles. The summed E-state index contributed by atoms with van der Waals surface area (Å²) in [7, 11) is 4.11. The molecule has 21 heavy (non-hydrogen) atoms. The van der Waals surface area contributed by atoms with Crippen LogP contribution in [-0.2, 0) is 0 Å². The average Bonchev–Trinajstić information content (AvgIpc) is 2.79. The maximum atomic E-state index is 12.1. The summed E-state index contributed by atoms with van der Waals surface area (Å²) >= 11 is 0. The molecule has 1 aromatic rings. The van der Waals surface area contributed by atoms with Crippen molar-refractivity contribution in [3.8, 4) is 0 Å². The van der Waals surface area contributed by atoms with Crippen molar-refractivity contribution in [3.63, 3.8) is 0 Å². The molecule has 0 radical (unpaired) electrons. The van der Waals surface area contributed by atoms with E-state index in [1.54, 1.807) is 0 Å². The lowest BCUT2D eigenvalue weighted by atomic mass is 10.1. The highest BCUT2D eigenvalue weighted by Gasteiger charge is 2.30. The van der Waals surface area contributed by atoms with Gasteiger partial charge in [-0.05, 0) is 33.5 Å². The lowest BCUT2D eigenvalue weighted by Crippen LogP contribution is -2.38. The number of Topliss-reactive ketones (excluding diaryl/α,β-unsaturated/α-hetero) is 1. The first-order chi connectivity index (χ1) is 10.1. The zero-order chi connectivity index (χ0) is 15.2. The number of carbonyl (C=O) groups is 1. The fourth-order valence-corrected chi connectivity index (χ4v) is 3.05. The molecule has 0 aliphatic carbocycles. The Morgan fingerprint density at radius 3 is 2.71 bits per heavy atom. The van der Waals surface area contributed by atoms with Gasteiger partial charge in [0.1, 0.15) is 0 Å². The molecule has 116 valence electrons. The average molecular weight is 290 g/mol. The zero-order valence-electron chi connectivity index (χ0n) is 13.0. The van der Waals surface area contributed by atoms with Crippen molar-refractivity contribution >= 4 is 5.78 Å². The lowest BCUT2D eigenvalue weighted by Gasteiger charge is -2.26. The van der Waals surface area contributed by atoms with Gasteiger partial charge in [0.05, 0.1) is 6.10 Å². The third kappa shape index (κ3) is 4.92. The quantitative estimate of drug-likeness (QED) is 0.776. The van der Waals surface area contributed by atoms with Crippen molar-refractivity contribution in [2.75, 3.05) is 33.7 Å². The number of likely N-dealkylation sites (tertiary alicyclic amines) is 1. The Balaban J connectivity index is 1.78. The number of β-amino-alcohol motifs (C(OH)–C–C–N with tert-alkyl or cyclic N) is 1. The second-order valence-corrected chi connectivity index (χ2v) is 6.19. The molecule has 1 fully saturated rings. The van der Waals surface area contributed by atoms with Crippen molar-refractivity contribution in [1.29, 1.82) is 0 Å². The van der Waals surface area contributed by atoms with Crippen LogP contribution in [0, 0.1) is 0 Å². The lowest BCUT2D eigenvalue weighted by molar-refractivity contribution is 0.0971. The number of ketones is 1. The molecule has 0 aromatic heterocycles. The van der Waals surface area contributed by atoms with Gasteiger partial charge in [-0.2, -0.15) is 0 Å². The number of rotatable bonds is 7. The molecule has 1 saturated heterocycles. The van der Waals surface area contributed by atoms with E-state index in [2.05, 4.69) is 23.9 Å². The standard InChI is InChI=1S/C17H26N2O2/c1-18(2)12-15-11-16(20)13-19(15)10-6-9-17(21)14-7-4-3-5-8-14/h3-5,7-8,15-16,20H,6,9-13H2,1-2H3. The van der Waals surface area contributed by atoms with Crippen molar-refractivity contribution in [2.24, 2.45) is 0 Å². The summed E-state index contributed by atoms with van der Waals surface area (Å²) in [6.07, 6.45) is 2.04. The molecule has 0 spiro atoms. The van der Waals surface area contributed by atoms with Gasteiger partial charge < -0.3 is 10.0 Å². The fraction of sp³-hybridized carbons (Fsp3) is 0.588.